The third-order valence-corrected chi connectivity index (χ3v) is 3.43. The Bertz CT molecular complexity index is 251. The maximum Gasteiger partial charge on any atom is 0.191 e. The highest BCUT2D eigenvalue weighted by atomic mass is 32.2. The second-order valence-electron chi connectivity index (χ2n) is 3.99. The topological polar surface area (TPSA) is 24.7 Å². The van der Waals surface area contributed by atoms with Crippen molar-refractivity contribution in [1.82, 2.24) is 0 Å². The molecule has 0 saturated carbocycles. The molecule has 1 aliphatic rings. The quantitative estimate of drug-likeness (QED) is 0.709. The number of hydrogen-bond donors (Lipinski definition) is 0. The number of halogens is 1. The van der Waals surface area contributed by atoms with Gasteiger partial charge in [-0.25, -0.2) is 4.39 Å². The molecule has 0 aromatic rings. The van der Waals surface area contributed by atoms with Gasteiger partial charge in [0.25, 0.3) is 0 Å². The Balaban J connectivity index is 2.69. The van der Waals surface area contributed by atoms with Crippen LogP contribution in [0.25, 0.3) is 0 Å². The van der Waals surface area contributed by atoms with Crippen LogP contribution in [0.2, 0.25) is 0 Å². The fourth-order valence-electron chi connectivity index (χ4n) is 1.44. The van der Waals surface area contributed by atoms with Gasteiger partial charge in [-0.05, 0) is 20.3 Å². The molecule has 0 N–H and O–H groups in total. The van der Waals surface area contributed by atoms with E-state index in [0.29, 0.717) is 0 Å². The first-order chi connectivity index (χ1) is 6.47. The van der Waals surface area contributed by atoms with Crippen molar-refractivity contribution in [3.8, 4) is 0 Å². The van der Waals surface area contributed by atoms with Crippen LogP contribution in [0.4, 0.5) is 4.39 Å². The second kappa shape index (κ2) is 4.43. The van der Waals surface area contributed by atoms with Crippen molar-refractivity contribution in [3.05, 3.63) is 0 Å². The minimum absolute atomic E-state index is 0.226. The summed E-state index contributed by atoms with van der Waals surface area (Å²) in [5.41, 5.74) is 0. The summed E-state index contributed by atoms with van der Waals surface area (Å²) < 4.78 is 13.6. The summed E-state index contributed by atoms with van der Waals surface area (Å²) in [6.07, 6.45) is 6.18. The Morgan fingerprint density at radius 2 is 1.93 bits per heavy atom. The van der Waals surface area contributed by atoms with Gasteiger partial charge in [0.05, 0.1) is 11.0 Å². The SMILES string of the molecule is CCCCC1(C)C=NN=CC(C)(F)S1. The van der Waals surface area contributed by atoms with Gasteiger partial charge in [0.15, 0.2) is 5.00 Å². The Kier molecular flexibility index (Phi) is 3.70. The predicted molar refractivity (Wildman–Crippen MR) is 62.0 cm³/mol. The first-order valence-corrected chi connectivity index (χ1v) is 5.77. The van der Waals surface area contributed by atoms with E-state index >= 15 is 0 Å². The van der Waals surface area contributed by atoms with E-state index in [4.69, 9.17) is 0 Å². The van der Waals surface area contributed by atoms with Crippen molar-refractivity contribution < 1.29 is 4.39 Å². The van der Waals surface area contributed by atoms with Crippen LogP contribution in [0.3, 0.4) is 0 Å². The molecule has 1 heterocycles. The van der Waals surface area contributed by atoms with E-state index in [1.54, 1.807) is 6.21 Å². The van der Waals surface area contributed by atoms with Crippen LogP contribution in [-0.4, -0.2) is 22.2 Å². The van der Waals surface area contributed by atoms with Crippen LogP contribution >= 0.6 is 11.8 Å². The molecule has 14 heavy (non-hydrogen) atoms. The molecule has 0 radical (unpaired) electrons. The van der Waals surface area contributed by atoms with Gasteiger partial charge in [0.1, 0.15) is 0 Å². The summed E-state index contributed by atoms with van der Waals surface area (Å²) in [5, 5.41) is 6.13. The van der Waals surface area contributed by atoms with Gasteiger partial charge >= 0.3 is 0 Å². The van der Waals surface area contributed by atoms with E-state index < -0.39 is 5.00 Å². The minimum Gasteiger partial charge on any atom is -0.226 e. The molecular formula is C10H17FN2S. The molecule has 2 nitrogen and oxygen atoms in total. The van der Waals surface area contributed by atoms with Crippen molar-refractivity contribution >= 4 is 24.2 Å². The average molecular weight is 216 g/mol. The van der Waals surface area contributed by atoms with Crippen LogP contribution in [0.5, 0.6) is 0 Å². The van der Waals surface area contributed by atoms with Crippen molar-refractivity contribution in [3.63, 3.8) is 0 Å². The van der Waals surface area contributed by atoms with Crippen LogP contribution in [0.1, 0.15) is 40.0 Å². The first-order valence-electron chi connectivity index (χ1n) is 4.95. The van der Waals surface area contributed by atoms with Crippen LogP contribution in [-0.2, 0) is 0 Å². The molecule has 0 bridgehead atoms. The number of nitrogens with zero attached hydrogens (tertiary/aromatic N) is 2. The average Bonchev–Trinajstić information content (AvgIpc) is 2.21. The lowest BCUT2D eigenvalue weighted by atomic mass is 10.1. The zero-order valence-corrected chi connectivity index (χ0v) is 9.77. The van der Waals surface area contributed by atoms with Gasteiger partial charge in [-0.3, -0.25) is 0 Å². The van der Waals surface area contributed by atoms with Crippen molar-refractivity contribution in [2.45, 2.75) is 49.8 Å². The van der Waals surface area contributed by atoms with E-state index in [0.717, 1.165) is 19.3 Å². The molecule has 80 valence electrons. The third kappa shape index (κ3) is 3.40. The standard InChI is InChI=1S/C10H17FN2S/c1-4-5-6-9(2)7-12-13-8-10(3,11)14-9/h7-8H,4-6H2,1-3H3. The maximum absolute atomic E-state index is 13.8. The lowest BCUT2D eigenvalue weighted by Gasteiger charge is -2.27. The molecule has 1 aliphatic heterocycles. The minimum atomic E-state index is -1.40. The molecule has 0 amide bonds. The lowest BCUT2D eigenvalue weighted by molar-refractivity contribution is 0.415. The monoisotopic (exact) mass is 216 g/mol. The second-order valence-corrected chi connectivity index (χ2v) is 5.93. The van der Waals surface area contributed by atoms with Gasteiger partial charge in [0, 0.05) is 6.21 Å². The molecule has 4 heteroatoms. The number of thioether (sulfide) groups is 1. The zero-order valence-electron chi connectivity index (χ0n) is 8.96. The van der Waals surface area contributed by atoms with Gasteiger partial charge < -0.3 is 0 Å². The van der Waals surface area contributed by atoms with Crippen molar-refractivity contribution in [2.75, 3.05) is 0 Å². The Morgan fingerprint density at radius 1 is 1.29 bits per heavy atom. The van der Waals surface area contributed by atoms with E-state index in [2.05, 4.69) is 17.1 Å². The van der Waals surface area contributed by atoms with Gasteiger partial charge in [0.2, 0.25) is 0 Å². The molecule has 1 rings (SSSR count). The molecule has 0 saturated heterocycles. The lowest BCUT2D eigenvalue weighted by Crippen LogP contribution is -2.29. The zero-order chi connectivity index (χ0) is 10.7. The number of unbranched alkanes of at least 4 members (excludes halogenated alkanes) is 1. The Hall–Kier alpha value is -0.380. The maximum atomic E-state index is 13.8. The third-order valence-electron chi connectivity index (χ3n) is 2.15. The summed E-state index contributed by atoms with van der Waals surface area (Å²) in [7, 11) is 0. The summed E-state index contributed by atoms with van der Waals surface area (Å²) in [6.45, 7) is 5.68. The first kappa shape index (κ1) is 11.7. The normalized spacial score (nSPS) is 37.1. The Labute approximate surface area is 89.1 Å². The number of alkyl halides is 1. The van der Waals surface area contributed by atoms with E-state index in [9.17, 15) is 4.39 Å². The van der Waals surface area contributed by atoms with Gasteiger partial charge in [-0.15, -0.1) is 11.8 Å². The smallest absolute Gasteiger partial charge is 0.191 e. The molecule has 0 fully saturated rings. The molecule has 2 atom stereocenters. The molecule has 0 spiro atoms. The Morgan fingerprint density at radius 3 is 2.57 bits per heavy atom. The summed E-state index contributed by atoms with van der Waals surface area (Å²) in [6, 6.07) is 0. The largest absolute Gasteiger partial charge is 0.226 e. The predicted octanol–water partition coefficient (Wildman–Crippen LogP) is 3.42. The van der Waals surface area contributed by atoms with E-state index in [1.165, 1.54) is 24.9 Å². The number of hydrogen-bond acceptors (Lipinski definition) is 3. The van der Waals surface area contributed by atoms with E-state index in [1.807, 2.05) is 6.92 Å². The summed E-state index contributed by atoms with van der Waals surface area (Å²) >= 11 is 1.29. The summed E-state index contributed by atoms with van der Waals surface area (Å²) in [5.74, 6) is 0. The van der Waals surface area contributed by atoms with Crippen molar-refractivity contribution in [2.24, 2.45) is 10.2 Å². The fourth-order valence-corrected chi connectivity index (χ4v) is 2.80. The molecule has 2 unspecified atom stereocenters. The van der Waals surface area contributed by atoms with Crippen LogP contribution in [0, 0.1) is 0 Å². The highest BCUT2D eigenvalue weighted by Crippen LogP contribution is 2.40. The van der Waals surface area contributed by atoms with Crippen LogP contribution < -0.4 is 0 Å². The fraction of sp³-hybridized carbons (Fsp3) is 0.800. The summed E-state index contributed by atoms with van der Waals surface area (Å²) in [4.78, 5) is 0. The van der Waals surface area contributed by atoms with Gasteiger partial charge in [-0.1, -0.05) is 19.8 Å². The van der Waals surface area contributed by atoms with Gasteiger partial charge in [-0.2, -0.15) is 10.2 Å². The highest BCUT2D eigenvalue weighted by Gasteiger charge is 2.35. The molecule has 0 aromatic carbocycles. The molecule has 0 aromatic heterocycles. The highest BCUT2D eigenvalue weighted by molar-refractivity contribution is 8.03. The van der Waals surface area contributed by atoms with Crippen LogP contribution in [0.15, 0.2) is 10.2 Å². The molecule has 0 aliphatic carbocycles. The number of rotatable bonds is 3. The van der Waals surface area contributed by atoms with Crippen molar-refractivity contribution in [1.29, 1.82) is 0 Å². The molecular weight excluding hydrogens is 199 g/mol. The van der Waals surface area contributed by atoms with E-state index in [-0.39, 0.29) is 4.75 Å².